The van der Waals surface area contributed by atoms with Gasteiger partial charge in [0.2, 0.25) is 5.91 Å². The number of nitrogens with zero attached hydrogens (tertiary/aromatic N) is 1. The van der Waals surface area contributed by atoms with Crippen LogP contribution in [0, 0.1) is 5.92 Å². The number of carbonyl (C=O) groups is 1. The van der Waals surface area contributed by atoms with E-state index in [4.69, 9.17) is 15.3 Å². The lowest BCUT2D eigenvalue weighted by Gasteiger charge is -2.27. The van der Waals surface area contributed by atoms with Gasteiger partial charge in [0.25, 0.3) is 0 Å². The van der Waals surface area contributed by atoms with E-state index >= 15 is 0 Å². The second kappa shape index (κ2) is 14.1. The van der Waals surface area contributed by atoms with Gasteiger partial charge in [0.05, 0.1) is 0 Å². The van der Waals surface area contributed by atoms with Crippen molar-refractivity contribution < 1.29 is 14.4 Å². The van der Waals surface area contributed by atoms with Gasteiger partial charge in [-0.1, -0.05) is 43.2 Å². The molecule has 1 aromatic carbocycles. The highest BCUT2D eigenvalue weighted by Gasteiger charge is 2.29. The lowest BCUT2D eigenvalue weighted by atomic mass is 9.93. The van der Waals surface area contributed by atoms with Crippen LogP contribution in [0.5, 0.6) is 0 Å². The van der Waals surface area contributed by atoms with Crippen LogP contribution < -0.4 is 5.73 Å². The first-order valence-corrected chi connectivity index (χ1v) is 10.2. The first kappa shape index (κ1) is 23.1. The van der Waals surface area contributed by atoms with Crippen LogP contribution in [0.2, 0.25) is 0 Å². The summed E-state index contributed by atoms with van der Waals surface area (Å²) in [6, 6.07) is 11.1. The van der Waals surface area contributed by atoms with Crippen molar-refractivity contribution in [2.45, 2.75) is 70.8 Å². The lowest BCUT2D eigenvalue weighted by Crippen LogP contribution is -2.38. The Morgan fingerprint density at radius 3 is 2.33 bits per heavy atom. The molecule has 5 heteroatoms. The Labute approximate surface area is 163 Å². The van der Waals surface area contributed by atoms with E-state index < -0.39 is 0 Å². The Hall–Kier alpha value is -1.97. The molecule has 2 N–H and O–H groups in total. The zero-order chi connectivity index (χ0) is 19.9. The zero-order valence-electron chi connectivity index (χ0n) is 16.6. The van der Waals surface area contributed by atoms with Gasteiger partial charge in [-0.05, 0) is 64.0 Å². The molecule has 0 saturated carbocycles. The van der Waals surface area contributed by atoms with Gasteiger partial charge in [0, 0.05) is 18.5 Å². The maximum absolute atomic E-state index is 12.9. The average molecular weight is 375 g/mol. The topological polar surface area (TPSA) is 80.5 Å². The number of amides is 1. The molecule has 0 radical (unpaired) electrons. The molecule has 0 aliphatic carbocycles. The van der Waals surface area contributed by atoms with Crippen LogP contribution in [-0.2, 0) is 20.8 Å². The minimum absolute atomic E-state index is 0.202. The molecule has 150 valence electrons. The molecule has 0 unspecified atom stereocenters. The minimum Gasteiger partial charge on any atom is -0.340 e. The van der Waals surface area contributed by atoms with E-state index in [1.54, 1.807) is 0 Å². The molecular weight excluding hydrogens is 340 g/mol. The standard InChI is InChI=1S/C21H34N2O.CO2/c1-18-10-9-17-23(18)21(24)20(15-7-8-16-22)14-6-5-13-19-11-3-2-4-12-19;2-1-3/h2-4,11-12,18,20H,5-10,13-17,22H2,1H3;/t18-,20+;/m1./s1. The van der Waals surface area contributed by atoms with Gasteiger partial charge in [0.15, 0.2) is 0 Å². The Morgan fingerprint density at radius 1 is 1.15 bits per heavy atom. The Balaban J connectivity index is 0.00000114. The number of unbranched alkanes of at least 4 members (excludes halogenated alkanes) is 2. The van der Waals surface area contributed by atoms with E-state index in [1.807, 2.05) is 0 Å². The van der Waals surface area contributed by atoms with Crippen molar-refractivity contribution in [3.8, 4) is 0 Å². The molecular formula is C22H34N2O3. The van der Waals surface area contributed by atoms with Crippen LogP contribution in [0.25, 0.3) is 0 Å². The number of nitrogens with two attached hydrogens (primary N) is 1. The molecule has 2 atom stereocenters. The number of benzene rings is 1. The molecule has 1 fully saturated rings. The monoisotopic (exact) mass is 374 g/mol. The van der Waals surface area contributed by atoms with Crippen molar-refractivity contribution in [1.29, 1.82) is 0 Å². The lowest BCUT2D eigenvalue weighted by molar-refractivity contribution is -0.191. The van der Waals surface area contributed by atoms with E-state index in [0.717, 1.165) is 64.5 Å². The van der Waals surface area contributed by atoms with Crippen molar-refractivity contribution in [3.05, 3.63) is 35.9 Å². The van der Waals surface area contributed by atoms with Gasteiger partial charge in [-0.15, -0.1) is 0 Å². The van der Waals surface area contributed by atoms with Crippen LogP contribution in [0.4, 0.5) is 0 Å². The third kappa shape index (κ3) is 8.98. The highest BCUT2D eigenvalue weighted by atomic mass is 16.2. The van der Waals surface area contributed by atoms with Gasteiger partial charge < -0.3 is 10.6 Å². The number of carbonyl (C=O) groups excluding carboxylic acids is 3. The summed E-state index contributed by atoms with van der Waals surface area (Å²) in [5, 5.41) is 0. The normalized spacial score (nSPS) is 17.0. The fourth-order valence-electron chi connectivity index (χ4n) is 3.79. The Morgan fingerprint density at radius 2 is 1.78 bits per heavy atom. The molecule has 1 aliphatic heterocycles. The van der Waals surface area contributed by atoms with Crippen molar-refractivity contribution in [2.24, 2.45) is 11.7 Å². The van der Waals surface area contributed by atoms with Crippen molar-refractivity contribution in [2.75, 3.05) is 13.1 Å². The van der Waals surface area contributed by atoms with Gasteiger partial charge in [-0.3, -0.25) is 4.79 Å². The van der Waals surface area contributed by atoms with E-state index in [0.29, 0.717) is 11.9 Å². The van der Waals surface area contributed by atoms with Crippen molar-refractivity contribution in [1.82, 2.24) is 4.90 Å². The van der Waals surface area contributed by atoms with Crippen LogP contribution in [-0.4, -0.2) is 36.1 Å². The second-order valence-corrected chi connectivity index (χ2v) is 7.32. The van der Waals surface area contributed by atoms with E-state index in [-0.39, 0.29) is 12.1 Å². The molecule has 2 rings (SSSR count). The van der Waals surface area contributed by atoms with Crippen LogP contribution >= 0.6 is 0 Å². The summed E-state index contributed by atoms with van der Waals surface area (Å²) in [5.74, 6) is 0.601. The van der Waals surface area contributed by atoms with E-state index in [9.17, 15) is 4.79 Å². The molecule has 1 heterocycles. The zero-order valence-corrected chi connectivity index (χ0v) is 16.6. The third-order valence-electron chi connectivity index (χ3n) is 5.30. The van der Waals surface area contributed by atoms with E-state index in [2.05, 4.69) is 42.2 Å². The first-order valence-electron chi connectivity index (χ1n) is 10.2. The van der Waals surface area contributed by atoms with Crippen LogP contribution in [0.15, 0.2) is 30.3 Å². The SMILES string of the molecule is C[C@@H]1CCCN1C(=O)[C@H](CCCCN)CCCCc1ccccc1.O=C=O. The Kier molecular flexibility index (Phi) is 12.1. The van der Waals surface area contributed by atoms with Crippen LogP contribution in [0.1, 0.15) is 63.9 Å². The van der Waals surface area contributed by atoms with Gasteiger partial charge >= 0.3 is 6.15 Å². The quantitative estimate of drug-likeness (QED) is 0.635. The summed E-state index contributed by atoms with van der Waals surface area (Å²) >= 11 is 0. The summed E-state index contributed by atoms with van der Waals surface area (Å²) < 4.78 is 0. The predicted octanol–water partition coefficient (Wildman–Crippen LogP) is 3.57. The minimum atomic E-state index is 0.202. The summed E-state index contributed by atoms with van der Waals surface area (Å²) in [5.41, 5.74) is 7.03. The van der Waals surface area contributed by atoms with Crippen molar-refractivity contribution >= 4 is 12.1 Å². The largest absolute Gasteiger partial charge is 0.373 e. The molecule has 5 nitrogen and oxygen atoms in total. The predicted molar refractivity (Wildman–Crippen MR) is 106 cm³/mol. The third-order valence-corrected chi connectivity index (χ3v) is 5.30. The summed E-state index contributed by atoms with van der Waals surface area (Å²) in [6.45, 7) is 3.88. The highest BCUT2D eigenvalue weighted by Crippen LogP contribution is 2.25. The highest BCUT2D eigenvalue weighted by molar-refractivity contribution is 5.79. The molecule has 0 bridgehead atoms. The summed E-state index contributed by atoms with van der Waals surface area (Å²) in [7, 11) is 0. The fourth-order valence-corrected chi connectivity index (χ4v) is 3.79. The molecule has 27 heavy (non-hydrogen) atoms. The molecule has 0 spiro atoms. The molecule has 1 amide bonds. The number of hydrogen-bond donors (Lipinski definition) is 1. The first-order chi connectivity index (χ1) is 13.1. The fraction of sp³-hybridized carbons (Fsp3) is 0.636. The molecule has 1 aliphatic rings. The molecule has 1 aromatic rings. The smallest absolute Gasteiger partial charge is 0.340 e. The maximum Gasteiger partial charge on any atom is 0.373 e. The Bertz CT molecular complexity index is 556. The second-order valence-electron chi connectivity index (χ2n) is 7.32. The van der Waals surface area contributed by atoms with Crippen molar-refractivity contribution in [3.63, 3.8) is 0 Å². The summed E-state index contributed by atoms with van der Waals surface area (Å²) in [4.78, 5) is 31.3. The average Bonchev–Trinajstić information content (AvgIpc) is 3.10. The number of aryl methyl sites for hydroxylation is 1. The van der Waals surface area contributed by atoms with Gasteiger partial charge in [0.1, 0.15) is 0 Å². The van der Waals surface area contributed by atoms with E-state index in [1.165, 1.54) is 12.0 Å². The van der Waals surface area contributed by atoms with Gasteiger partial charge in [-0.2, -0.15) is 9.59 Å². The number of hydrogen-bond acceptors (Lipinski definition) is 4. The number of likely N-dealkylation sites (tertiary alicyclic amines) is 1. The molecule has 0 aromatic heterocycles. The maximum atomic E-state index is 12.9. The summed E-state index contributed by atoms with van der Waals surface area (Å²) in [6.07, 6.45) is 10.1. The van der Waals surface area contributed by atoms with Crippen LogP contribution in [0.3, 0.4) is 0 Å². The van der Waals surface area contributed by atoms with Gasteiger partial charge in [-0.25, -0.2) is 0 Å². The number of rotatable bonds is 10. The molecule has 1 saturated heterocycles.